The monoisotopic (exact) mass is 202 g/mol. The third kappa shape index (κ3) is 3.95. The van der Waals surface area contributed by atoms with Gasteiger partial charge in [-0.05, 0) is 34.6 Å². The Morgan fingerprint density at radius 2 is 2.00 bits per heavy atom. The molecule has 1 saturated heterocycles. The second-order valence-corrected chi connectivity index (χ2v) is 4.68. The normalized spacial score (nSPS) is 33.0. The molecular weight excluding hydrogens is 180 g/mol. The number of rotatable bonds is 2. The molecule has 0 aromatic rings. The third-order valence-electron chi connectivity index (χ3n) is 2.16. The molecule has 0 spiro atoms. The van der Waals surface area contributed by atoms with Crippen LogP contribution in [0.3, 0.4) is 0 Å². The minimum absolute atomic E-state index is 0.159. The molecule has 0 radical (unpaired) electrons. The first kappa shape index (κ1) is 12.0. The molecule has 1 rings (SSSR count). The van der Waals surface area contributed by atoms with Crippen molar-refractivity contribution >= 4 is 0 Å². The van der Waals surface area contributed by atoms with E-state index in [2.05, 4.69) is 6.92 Å². The Balaban J connectivity index is 2.49. The summed E-state index contributed by atoms with van der Waals surface area (Å²) in [6, 6.07) is 0. The molecule has 14 heavy (non-hydrogen) atoms. The van der Waals surface area contributed by atoms with Gasteiger partial charge in [-0.25, -0.2) is 0 Å². The van der Waals surface area contributed by atoms with Gasteiger partial charge in [0.25, 0.3) is 0 Å². The maximum atomic E-state index is 5.73. The van der Waals surface area contributed by atoms with Gasteiger partial charge in [-0.15, -0.1) is 0 Å². The molecule has 1 fully saturated rings. The SMILES string of the molecule is CC(C)O[C@@H]1COC(C)(C)O[C@H](C)C1. The summed E-state index contributed by atoms with van der Waals surface area (Å²) in [5.74, 6) is -0.478. The highest BCUT2D eigenvalue weighted by molar-refractivity contribution is 4.71. The number of ether oxygens (including phenoxy) is 3. The first-order chi connectivity index (χ1) is 6.39. The predicted octanol–water partition coefficient (Wildman–Crippen LogP) is 2.34. The molecule has 2 atom stereocenters. The molecule has 1 aliphatic rings. The summed E-state index contributed by atoms with van der Waals surface area (Å²) in [6.07, 6.45) is 1.50. The van der Waals surface area contributed by atoms with Crippen molar-refractivity contribution in [2.45, 2.75) is 65.1 Å². The topological polar surface area (TPSA) is 27.7 Å². The Hall–Kier alpha value is -0.120. The second kappa shape index (κ2) is 4.60. The van der Waals surface area contributed by atoms with Crippen LogP contribution >= 0.6 is 0 Å². The zero-order valence-electron chi connectivity index (χ0n) is 9.87. The smallest absolute Gasteiger partial charge is 0.163 e. The van der Waals surface area contributed by atoms with Gasteiger partial charge in [-0.1, -0.05) is 0 Å². The lowest BCUT2D eigenvalue weighted by atomic mass is 10.2. The number of hydrogen-bond acceptors (Lipinski definition) is 3. The van der Waals surface area contributed by atoms with E-state index < -0.39 is 5.79 Å². The van der Waals surface area contributed by atoms with Gasteiger partial charge in [0, 0.05) is 6.42 Å². The Morgan fingerprint density at radius 3 is 2.57 bits per heavy atom. The van der Waals surface area contributed by atoms with E-state index in [9.17, 15) is 0 Å². The van der Waals surface area contributed by atoms with Crippen molar-refractivity contribution in [1.29, 1.82) is 0 Å². The van der Waals surface area contributed by atoms with Gasteiger partial charge in [0.1, 0.15) is 0 Å². The maximum Gasteiger partial charge on any atom is 0.163 e. The molecule has 0 unspecified atom stereocenters. The molecule has 3 heteroatoms. The van der Waals surface area contributed by atoms with Gasteiger partial charge in [-0.3, -0.25) is 0 Å². The third-order valence-corrected chi connectivity index (χ3v) is 2.16. The zero-order valence-corrected chi connectivity index (χ0v) is 9.87. The Morgan fingerprint density at radius 1 is 1.36 bits per heavy atom. The second-order valence-electron chi connectivity index (χ2n) is 4.68. The number of hydrogen-bond donors (Lipinski definition) is 0. The van der Waals surface area contributed by atoms with Gasteiger partial charge in [-0.2, -0.15) is 0 Å². The first-order valence-electron chi connectivity index (χ1n) is 5.36. The Kier molecular flexibility index (Phi) is 3.93. The van der Waals surface area contributed by atoms with Crippen LogP contribution in [0.15, 0.2) is 0 Å². The quantitative estimate of drug-likeness (QED) is 0.688. The maximum absolute atomic E-state index is 5.73. The van der Waals surface area contributed by atoms with Crippen LogP contribution in [-0.4, -0.2) is 30.7 Å². The van der Waals surface area contributed by atoms with Crippen LogP contribution in [0, 0.1) is 0 Å². The van der Waals surface area contributed by atoms with Gasteiger partial charge in [0.2, 0.25) is 0 Å². The average molecular weight is 202 g/mol. The molecule has 0 aliphatic carbocycles. The molecule has 1 aliphatic heterocycles. The zero-order chi connectivity index (χ0) is 10.8. The Labute approximate surface area is 86.7 Å². The fraction of sp³-hybridized carbons (Fsp3) is 1.00. The molecule has 0 aromatic carbocycles. The van der Waals surface area contributed by atoms with Crippen molar-refractivity contribution in [3.63, 3.8) is 0 Å². The highest BCUT2D eigenvalue weighted by Crippen LogP contribution is 2.23. The minimum atomic E-state index is -0.478. The minimum Gasteiger partial charge on any atom is -0.373 e. The summed E-state index contributed by atoms with van der Waals surface area (Å²) in [7, 11) is 0. The van der Waals surface area contributed by atoms with Crippen LogP contribution in [0.25, 0.3) is 0 Å². The van der Waals surface area contributed by atoms with Gasteiger partial charge < -0.3 is 14.2 Å². The van der Waals surface area contributed by atoms with E-state index in [4.69, 9.17) is 14.2 Å². The molecular formula is C11H22O3. The van der Waals surface area contributed by atoms with Crippen LogP contribution in [-0.2, 0) is 14.2 Å². The molecule has 0 N–H and O–H groups in total. The molecule has 3 nitrogen and oxygen atoms in total. The summed E-state index contributed by atoms with van der Waals surface area (Å²) in [6.45, 7) is 10.7. The summed E-state index contributed by atoms with van der Waals surface area (Å²) < 4.78 is 17.1. The van der Waals surface area contributed by atoms with E-state index in [1.54, 1.807) is 0 Å². The van der Waals surface area contributed by atoms with Gasteiger partial charge in [0.15, 0.2) is 5.79 Å². The lowest BCUT2D eigenvalue weighted by Gasteiger charge is -2.25. The summed E-state index contributed by atoms with van der Waals surface area (Å²) in [5.41, 5.74) is 0. The summed E-state index contributed by atoms with van der Waals surface area (Å²) in [5, 5.41) is 0. The van der Waals surface area contributed by atoms with Crippen LogP contribution in [0.5, 0.6) is 0 Å². The van der Waals surface area contributed by atoms with Crippen LogP contribution in [0.1, 0.15) is 41.0 Å². The van der Waals surface area contributed by atoms with E-state index in [-0.39, 0.29) is 18.3 Å². The lowest BCUT2D eigenvalue weighted by Crippen LogP contribution is -2.30. The average Bonchev–Trinajstić information content (AvgIpc) is 2.08. The van der Waals surface area contributed by atoms with Crippen molar-refractivity contribution in [2.75, 3.05) is 6.61 Å². The van der Waals surface area contributed by atoms with E-state index in [0.29, 0.717) is 6.61 Å². The standard InChI is InChI=1S/C11H22O3/c1-8(2)13-10-6-9(3)14-11(4,5)12-7-10/h8-10H,6-7H2,1-5H3/t9-,10+/m1/s1. The van der Waals surface area contributed by atoms with Crippen molar-refractivity contribution in [3.05, 3.63) is 0 Å². The Bertz CT molecular complexity index is 177. The fourth-order valence-corrected chi connectivity index (χ4v) is 1.78. The predicted molar refractivity (Wildman–Crippen MR) is 55.2 cm³/mol. The van der Waals surface area contributed by atoms with Crippen molar-refractivity contribution in [2.24, 2.45) is 0 Å². The van der Waals surface area contributed by atoms with E-state index >= 15 is 0 Å². The van der Waals surface area contributed by atoms with Crippen molar-refractivity contribution in [1.82, 2.24) is 0 Å². The summed E-state index contributed by atoms with van der Waals surface area (Å²) in [4.78, 5) is 0. The molecule has 84 valence electrons. The van der Waals surface area contributed by atoms with Crippen LogP contribution < -0.4 is 0 Å². The van der Waals surface area contributed by atoms with Gasteiger partial charge in [0.05, 0.1) is 24.9 Å². The molecule has 1 heterocycles. The molecule has 0 aromatic heterocycles. The molecule has 0 bridgehead atoms. The summed E-state index contributed by atoms with van der Waals surface area (Å²) >= 11 is 0. The van der Waals surface area contributed by atoms with Gasteiger partial charge >= 0.3 is 0 Å². The highest BCUT2D eigenvalue weighted by atomic mass is 16.7. The van der Waals surface area contributed by atoms with Crippen molar-refractivity contribution in [3.8, 4) is 0 Å². The molecule has 0 amide bonds. The van der Waals surface area contributed by atoms with E-state index in [0.717, 1.165) is 6.42 Å². The highest BCUT2D eigenvalue weighted by Gasteiger charge is 2.30. The van der Waals surface area contributed by atoms with Crippen molar-refractivity contribution < 1.29 is 14.2 Å². The van der Waals surface area contributed by atoms with E-state index in [1.165, 1.54) is 0 Å². The van der Waals surface area contributed by atoms with Crippen LogP contribution in [0.2, 0.25) is 0 Å². The lowest BCUT2D eigenvalue weighted by molar-refractivity contribution is -0.222. The first-order valence-corrected chi connectivity index (χ1v) is 5.36. The molecule has 0 saturated carbocycles. The van der Waals surface area contributed by atoms with Crippen LogP contribution in [0.4, 0.5) is 0 Å². The largest absolute Gasteiger partial charge is 0.373 e. The van der Waals surface area contributed by atoms with E-state index in [1.807, 2.05) is 27.7 Å². The fourth-order valence-electron chi connectivity index (χ4n) is 1.78.